The lowest BCUT2D eigenvalue weighted by molar-refractivity contribution is 0.159. The molecule has 30 heavy (non-hydrogen) atoms. The van der Waals surface area contributed by atoms with Crippen LogP contribution < -0.4 is 9.64 Å². The van der Waals surface area contributed by atoms with Gasteiger partial charge in [0.15, 0.2) is 0 Å². The van der Waals surface area contributed by atoms with Crippen molar-refractivity contribution in [3.05, 3.63) is 71.9 Å². The van der Waals surface area contributed by atoms with Crippen LogP contribution in [0.3, 0.4) is 0 Å². The van der Waals surface area contributed by atoms with Gasteiger partial charge in [0.1, 0.15) is 11.6 Å². The van der Waals surface area contributed by atoms with E-state index >= 15 is 0 Å². The Hall–Kier alpha value is -2.85. The van der Waals surface area contributed by atoms with Gasteiger partial charge < -0.3 is 9.64 Å². The number of piperazine rings is 1. The summed E-state index contributed by atoms with van der Waals surface area (Å²) in [6.07, 6.45) is 7.61. The summed E-state index contributed by atoms with van der Waals surface area (Å²) in [5.41, 5.74) is 2.73. The minimum Gasteiger partial charge on any atom is -0.497 e. The molecule has 5 rings (SSSR count). The van der Waals surface area contributed by atoms with Crippen LogP contribution in [0.2, 0.25) is 0 Å². The Labute approximate surface area is 178 Å². The third-order valence-electron chi connectivity index (χ3n) is 6.74. The van der Waals surface area contributed by atoms with Crippen LogP contribution >= 0.6 is 0 Å². The quantitative estimate of drug-likeness (QED) is 0.620. The minimum atomic E-state index is 0.460. The molecule has 3 aromatic rings. The summed E-state index contributed by atoms with van der Waals surface area (Å²) < 4.78 is 5.46. The molecule has 0 spiro atoms. The van der Waals surface area contributed by atoms with Crippen LogP contribution in [0.1, 0.15) is 30.4 Å². The fraction of sp³-hybridized carbons (Fsp3) is 0.346. The topological polar surface area (TPSA) is 28.6 Å². The molecule has 4 heteroatoms. The lowest BCUT2D eigenvalue weighted by Crippen LogP contribution is -2.55. The van der Waals surface area contributed by atoms with Gasteiger partial charge in [0, 0.05) is 43.2 Å². The Balaban J connectivity index is 1.49. The van der Waals surface area contributed by atoms with Crippen molar-refractivity contribution < 1.29 is 4.74 Å². The van der Waals surface area contributed by atoms with Crippen molar-refractivity contribution in [2.24, 2.45) is 0 Å². The van der Waals surface area contributed by atoms with E-state index in [2.05, 4.69) is 77.4 Å². The van der Waals surface area contributed by atoms with Crippen molar-refractivity contribution >= 4 is 22.7 Å². The number of aromatic nitrogens is 1. The molecule has 0 saturated carbocycles. The van der Waals surface area contributed by atoms with E-state index in [0.717, 1.165) is 44.2 Å². The van der Waals surface area contributed by atoms with Crippen molar-refractivity contribution in [3.8, 4) is 5.75 Å². The summed E-state index contributed by atoms with van der Waals surface area (Å²) in [5.74, 6) is 2.53. The van der Waals surface area contributed by atoms with Crippen LogP contribution in [0.15, 0.2) is 60.8 Å². The van der Waals surface area contributed by atoms with Crippen LogP contribution in [0.25, 0.3) is 16.8 Å². The predicted octanol–water partition coefficient (Wildman–Crippen LogP) is 4.95. The maximum Gasteiger partial charge on any atom is 0.136 e. The molecule has 1 aliphatic carbocycles. The first-order valence-electron chi connectivity index (χ1n) is 11.0. The van der Waals surface area contributed by atoms with E-state index in [-0.39, 0.29) is 0 Å². The Morgan fingerprint density at radius 3 is 2.87 bits per heavy atom. The summed E-state index contributed by atoms with van der Waals surface area (Å²) >= 11 is 0. The normalized spacial score (nSPS) is 21.6. The van der Waals surface area contributed by atoms with Crippen LogP contribution in [0.5, 0.6) is 5.75 Å². The van der Waals surface area contributed by atoms with Gasteiger partial charge in [-0.3, -0.25) is 4.90 Å². The number of hydrogen-bond acceptors (Lipinski definition) is 4. The molecule has 0 amide bonds. The average Bonchev–Trinajstić information content (AvgIpc) is 2.82. The maximum atomic E-state index is 5.46. The minimum absolute atomic E-state index is 0.460. The number of methoxy groups -OCH3 is 1. The highest BCUT2D eigenvalue weighted by molar-refractivity contribution is 5.92. The third kappa shape index (κ3) is 3.35. The van der Waals surface area contributed by atoms with Gasteiger partial charge in [-0.2, -0.15) is 0 Å². The molecule has 2 aliphatic rings. The number of allylic oxidation sites excluding steroid dienone is 1. The number of hydrogen-bond donors (Lipinski definition) is 0. The van der Waals surface area contributed by atoms with Crippen LogP contribution in [0, 0.1) is 0 Å². The van der Waals surface area contributed by atoms with E-state index in [9.17, 15) is 0 Å². The zero-order valence-corrected chi connectivity index (χ0v) is 17.8. The number of anilines is 1. The molecule has 1 aromatic heterocycles. The average molecular weight is 400 g/mol. The van der Waals surface area contributed by atoms with Gasteiger partial charge in [-0.15, -0.1) is 0 Å². The molecule has 154 valence electrons. The number of fused-ring (bicyclic) bond motifs is 2. The lowest BCUT2D eigenvalue weighted by atomic mass is 9.80. The number of ether oxygens (including phenoxy) is 1. The van der Waals surface area contributed by atoms with Crippen LogP contribution in [-0.4, -0.2) is 49.2 Å². The van der Waals surface area contributed by atoms with E-state index in [4.69, 9.17) is 9.72 Å². The number of benzene rings is 2. The van der Waals surface area contributed by atoms with Crippen LogP contribution in [-0.2, 0) is 0 Å². The molecule has 2 aromatic carbocycles. The Bertz CT molecular complexity index is 1070. The molecule has 1 saturated heterocycles. The fourth-order valence-electron chi connectivity index (χ4n) is 5.16. The summed E-state index contributed by atoms with van der Waals surface area (Å²) in [5, 5.41) is 2.51. The van der Waals surface area contributed by atoms with Gasteiger partial charge in [0.05, 0.1) is 7.11 Å². The summed E-state index contributed by atoms with van der Waals surface area (Å²) in [6.45, 7) is 6.44. The maximum absolute atomic E-state index is 5.46. The second kappa shape index (κ2) is 8.11. The Morgan fingerprint density at radius 2 is 2.00 bits per heavy atom. The predicted molar refractivity (Wildman–Crippen MR) is 124 cm³/mol. The molecular formula is C26H29N3O. The van der Waals surface area contributed by atoms with Crippen molar-refractivity contribution in [3.63, 3.8) is 0 Å². The SMILES string of the molecule is CCN1CCN(c2nccc3ccccc23)CC1C1CC=Cc2cc(OC)ccc21. The highest BCUT2D eigenvalue weighted by atomic mass is 16.5. The van der Waals surface area contributed by atoms with E-state index in [1.807, 2.05) is 6.20 Å². The molecule has 0 bridgehead atoms. The summed E-state index contributed by atoms with van der Waals surface area (Å²) in [4.78, 5) is 9.96. The van der Waals surface area contributed by atoms with Crippen LogP contribution in [0.4, 0.5) is 5.82 Å². The number of nitrogens with zero attached hydrogens (tertiary/aromatic N) is 3. The highest BCUT2D eigenvalue weighted by Crippen LogP contribution is 2.38. The first kappa shape index (κ1) is 19.1. The van der Waals surface area contributed by atoms with Gasteiger partial charge in [0.2, 0.25) is 0 Å². The molecule has 4 nitrogen and oxygen atoms in total. The fourth-order valence-corrected chi connectivity index (χ4v) is 5.16. The van der Waals surface area contributed by atoms with Crippen molar-refractivity contribution in [1.82, 2.24) is 9.88 Å². The third-order valence-corrected chi connectivity index (χ3v) is 6.74. The first-order chi connectivity index (χ1) is 14.8. The van der Waals surface area contributed by atoms with E-state index in [1.165, 1.54) is 21.9 Å². The number of rotatable bonds is 4. The molecule has 1 aliphatic heterocycles. The Kier molecular flexibility index (Phi) is 5.17. The molecule has 2 unspecified atom stereocenters. The van der Waals surface area contributed by atoms with Gasteiger partial charge in [-0.1, -0.05) is 49.4 Å². The summed E-state index contributed by atoms with van der Waals surface area (Å²) in [7, 11) is 1.74. The molecule has 0 radical (unpaired) electrons. The standard InChI is InChI=1S/C26H29N3O/c1-3-28-15-16-29(26-23-9-5-4-7-19(23)13-14-27-26)18-25(28)24-10-6-8-20-17-21(30-2)11-12-22(20)24/h4-9,11-14,17,24-25H,3,10,15-16,18H2,1-2H3. The van der Waals surface area contributed by atoms with E-state index < -0.39 is 0 Å². The Morgan fingerprint density at radius 1 is 1.10 bits per heavy atom. The van der Waals surface area contributed by atoms with Crippen molar-refractivity contribution in [1.29, 1.82) is 0 Å². The van der Waals surface area contributed by atoms with Gasteiger partial charge in [0.25, 0.3) is 0 Å². The first-order valence-corrected chi connectivity index (χ1v) is 11.0. The number of pyridine rings is 1. The largest absolute Gasteiger partial charge is 0.497 e. The molecule has 0 N–H and O–H groups in total. The second-order valence-electron chi connectivity index (χ2n) is 8.24. The summed E-state index contributed by atoms with van der Waals surface area (Å²) in [6, 6.07) is 17.7. The van der Waals surface area contributed by atoms with Gasteiger partial charge in [-0.05, 0) is 47.7 Å². The van der Waals surface area contributed by atoms with Crippen molar-refractivity contribution in [2.45, 2.75) is 25.3 Å². The highest BCUT2D eigenvalue weighted by Gasteiger charge is 2.35. The monoisotopic (exact) mass is 399 g/mol. The van der Waals surface area contributed by atoms with E-state index in [0.29, 0.717) is 12.0 Å². The second-order valence-corrected chi connectivity index (χ2v) is 8.24. The number of likely N-dealkylation sites (N-methyl/N-ethyl adjacent to an activating group) is 1. The zero-order chi connectivity index (χ0) is 20.5. The molecular weight excluding hydrogens is 370 g/mol. The molecule has 2 heterocycles. The molecule has 2 atom stereocenters. The zero-order valence-electron chi connectivity index (χ0n) is 17.8. The van der Waals surface area contributed by atoms with Gasteiger partial charge in [-0.25, -0.2) is 4.98 Å². The van der Waals surface area contributed by atoms with Gasteiger partial charge >= 0.3 is 0 Å². The van der Waals surface area contributed by atoms with Crippen molar-refractivity contribution in [2.75, 3.05) is 38.2 Å². The lowest BCUT2D eigenvalue weighted by Gasteiger charge is -2.46. The smallest absolute Gasteiger partial charge is 0.136 e. The molecule has 1 fully saturated rings. The van der Waals surface area contributed by atoms with E-state index in [1.54, 1.807) is 7.11 Å².